The maximum absolute atomic E-state index is 13.5. The van der Waals surface area contributed by atoms with Crippen molar-refractivity contribution in [1.82, 2.24) is 4.90 Å². The van der Waals surface area contributed by atoms with E-state index in [4.69, 9.17) is 9.84 Å². The third kappa shape index (κ3) is 3.16. The van der Waals surface area contributed by atoms with Crippen molar-refractivity contribution < 1.29 is 23.8 Å². The Morgan fingerprint density at radius 1 is 1.32 bits per heavy atom. The summed E-state index contributed by atoms with van der Waals surface area (Å²) in [6.45, 7) is 5.25. The summed E-state index contributed by atoms with van der Waals surface area (Å²) >= 11 is 0. The van der Waals surface area contributed by atoms with Crippen LogP contribution in [0.1, 0.15) is 33.6 Å². The highest BCUT2D eigenvalue weighted by atomic mass is 19.1. The average molecular weight is 273 g/mol. The van der Waals surface area contributed by atoms with Gasteiger partial charge in [0.2, 0.25) is 0 Å². The standard InChI is InChI=1S/C13H20FNO4/c1-13(2,3)19-12(18)15-6-7(14)4-10(15)8-5-9(8)11(16)17/h7-10H,4-6H2,1-3H3,(H,16,17)/t7-,8+,9+,10?/m0/s1. The van der Waals surface area contributed by atoms with E-state index in [0.717, 1.165) is 0 Å². The molecule has 1 heterocycles. The maximum Gasteiger partial charge on any atom is 0.410 e. The van der Waals surface area contributed by atoms with Crippen molar-refractivity contribution in [3.8, 4) is 0 Å². The first kappa shape index (κ1) is 14.1. The number of rotatable bonds is 2. The number of halogens is 1. The number of aliphatic carboxylic acids is 1. The molecule has 1 aliphatic heterocycles. The van der Waals surface area contributed by atoms with Crippen molar-refractivity contribution in [3.05, 3.63) is 0 Å². The largest absolute Gasteiger partial charge is 0.481 e. The molecule has 4 atom stereocenters. The third-order valence-corrected chi connectivity index (χ3v) is 3.57. The smallest absolute Gasteiger partial charge is 0.410 e. The summed E-state index contributed by atoms with van der Waals surface area (Å²) in [5, 5.41) is 8.93. The van der Waals surface area contributed by atoms with Gasteiger partial charge in [-0.05, 0) is 33.1 Å². The van der Waals surface area contributed by atoms with Gasteiger partial charge in [0.05, 0.1) is 12.5 Å². The number of carboxylic acid groups (broad SMARTS) is 1. The zero-order valence-electron chi connectivity index (χ0n) is 11.4. The predicted molar refractivity (Wildman–Crippen MR) is 65.5 cm³/mol. The van der Waals surface area contributed by atoms with Crippen LogP contribution in [0.15, 0.2) is 0 Å². The Bertz CT molecular complexity index is 393. The number of hydrogen-bond acceptors (Lipinski definition) is 3. The molecule has 2 aliphatic rings. The number of nitrogens with zero attached hydrogens (tertiary/aromatic N) is 1. The minimum absolute atomic E-state index is 0.00240. The molecular weight excluding hydrogens is 253 g/mol. The second-order valence-electron chi connectivity index (χ2n) is 6.38. The highest BCUT2D eigenvalue weighted by molar-refractivity contribution is 5.74. The van der Waals surface area contributed by atoms with Crippen LogP contribution in [0.5, 0.6) is 0 Å². The summed E-state index contributed by atoms with van der Waals surface area (Å²) in [6, 6.07) is -0.342. The molecule has 5 nitrogen and oxygen atoms in total. The van der Waals surface area contributed by atoms with E-state index in [2.05, 4.69) is 0 Å². The van der Waals surface area contributed by atoms with Crippen molar-refractivity contribution in [3.63, 3.8) is 0 Å². The molecule has 0 aromatic carbocycles. The number of alkyl halides is 1. The average Bonchev–Trinajstić information content (AvgIpc) is 2.93. The lowest BCUT2D eigenvalue weighted by atomic mass is 10.1. The Hall–Kier alpha value is -1.33. The fourth-order valence-corrected chi connectivity index (χ4v) is 2.67. The van der Waals surface area contributed by atoms with Gasteiger partial charge in [0, 0.05) is 12.5 Å². The van der Waals surface area contributed by atoms with Crippen molar-refractivity contribution in [1.29, 1.82) is 0 Å². The zero-order valence-corrected chi connectivity index (χ0v) is 11.4. The molecule has 1 amide bonds. The van der Waals surface area contributed by atoms with Crippen LogP contribution in [0.4, 0.5) is 9.18 Å². The van der Waals surface area contributed by atoms with E-state index in [0.29, 0.717) is 6.42 Å². The first-order valence-electron chi connectivity index (χ1n) is 6.55. The van der Waals surface area contributed by atoms with Gasteiger partial charge in [-0.1, -0.05) is 0 Å². The van der Waals surface area contributed by atoms with Gasteiger partial charge >= 0.3 is 12.1 Å². The van der Waals surface area contributed by atoms with E-state index in [1.165, 1.54) is 4.90 Å². The molecule has 108 valence electrons. The molecule has 0 spiro atoms. The third-order valence-electron chi connectivity index (χ3n) is 3.57. The summed E-state index contributed by atoms with van der Waals surface area (Å²) in [5.41, 5.74) is -0.633. The molecule has 0 aromatic heterocycles. The first-order chi connectivity index (χ1) is 8.69. The highest BCUT2D eigenvalue weighted by Gasteiger charge is 2.54. The van der Waals surface area contributed by atoms with E-state index < -0.39 is 29.8 Å². The number of hydrogen-bond donors (Lipinski definition) is 1. The minimum Gasteiger partial charge on any atom is -0.481 e. The fourth-order valence-electron chi connectivity index (χ4n) is 2.67. The summed E-state index contributed by atoms with van der Waals surface area (Å²) in [6.07, 6.45) is -0.902. The summed E-state index contributed by atoms with van der Waals surface area (Å²) < 4.78 is 18.8. The van der Waals surface area contributed by atoms with Crippen LogP contribution in [-0.4, -0.2) is 46.4 Å². The van der Waals surface area contributed by atoms with Crippen LogP contribution in [0, 0.1) is 11.8 Å². The fraction of sp³-hybridized carbons (Fsp3) is 0.846. The molecule has 1 unspecified atom stereocenters. The molecule has 2 fully saturated rings. The lowest BCUT2D eigenvalue weighted by Gasteiger charge is -2.28. The van der Waals surface area contributed by atoms with Gasteiger partial charge in [0.1, 0.15) is 11.8 Å². The van der Waals surface area contributed by atoms with E-state index >= 15 is 0 Å². The Balaban J connectivity index is 2.02. The van der Waals surface area contributed by atoms with Gasteiger partial charge in [-0.3, -0.25) is 4.79 Å². The molecular formula is C13H20FNO4. The summed E-state index contributed by atoms with van der Waals surface area (Å²) in [7, 11) is 0. The van der Waals surface area contributed by atoms with Crippen LogP contribution in [0.2, 0.25) is 0 Å². The van der Waals surface area contributed by atoms with E-state index in [9.17, 15) is 14.0 Å². The number of amides is 1. The van der Waals surface area contributed by atoms with Crippen LogP contribution < -0.4 is 0 Å². The lowest BCUT2D eigenvalue weighted by Crippen LogP contribution is -2.41. The van der Waals surface area contributed by atoms with Gasteiger partial charge in [-0.15, -0.1) is 0 Å². The second kappa shape index (κ2) is 4.65. The Morgan fingerprint density at radius 3 is 2.42 bits per heavy atom. The summed E-state index contributed by atoms with van der Waals surface area (Å²) in [5.74, 6) is -1.44. The molecule has 0 radical (unpaired) electrons. The number of carbonyl (C=O) groups is 2. The molecule has 0 aromatic rings. The quantitative estimate of drug-likeness (QED) is 0.836. The predicted octanol–water partition coefficient (Wildman–Crippen LogP) is 2.05. The van der Waals surface area contributed by atoms with Crippen LogP contribution in [-0.2, 0) is 9.53 Å². The monoisotopic (exact) mass is 273 g/mol. The number of carboxylic acids is 1. The Kier molecular flexibility index (Phi) is 3.45. The maximum atomic E-state index is 13.5. The number of likely N-dealkylation sites (tertiary alicyclic amines) is 1. The van der Waals surface area contributed by atoms with Gasteiger partial charge in [0.25, 0.3) is 0 Å². The first-order valence-corrected chi connectivity index (χ1v) is 6.55. The molecule has 0 bridgehead atoms. The normalized spacial score (nSPS) is 34.2. The van der Waals surface area contributed by atoms with Gasteiger partial charge in [-0.2, -0.15) is 0 Å². The van der Waals surface area contributed by atoms with E-state index in [-0.39, 0.29) is 24.9 Å². The minimum atomic E-state index is -1.09. The van der Waals surface area contributed by atoms with Crippen molar-refractivity contribution >= 4 is 12.1 Å². The van der Waals surface area contributed by atoms with Crippen molar-refractivity contribution in [2.75, 3.05) is 6.54 Å². The second-order valence-corrected chi connectivity index (χ2v) is 6.38. The van der Waals surface area contributed by atoms with Gasteiger partial charge < -0.3 is 14.7 Å². The molecule has 19 heavy (non-hydrogen) atoms. The van der Waals surface area contributed by atoms with Crippen molar-refractivity contribution in [2.24, 2.45) is 11.8 Å². The van der Waals surface area contributed by atoms with Crippen LogP contribution in [0.3, 0.4) is 0 Å². The van der Waals surface area contributed by atoms with Gasteiger partial charge in [0.15, 0.2) is 0 Å². The summed E-state index contributed by atoms with van der Waals surface area (Å²) in [4.78, 5) is 24.3. The van der Waals surface area contributed by atoms with Crippen LogP contribution >= 0.6 is 0 Å². The molecule has 6 heteroatoms. The zero-order chi connectivity index (χ0) is 14.4. The lowest BCUT2D eigenvalue weighted by molar-refractivity contribution is -0.139. The SMILES string of the molecule is CC(C)(C)OC(=O)N1C[C@@H](F)CC1[C@@H]1C[C@H]1C(=O)O. The van der Waals surface area contributed by atoms with Crippen molar-refractivity contribution in [2.45, 2.75) is 51.4 Å². The Labute approximate surface area is 111 Å². The van der Waals surface area contributed by atoms with Crippen LogP contribution in [0.25, 0.3) is 0 Å². The molecule has 1 N–H and O–H groups in total. The number of carbonyl (C=O) groups excluding carboxylic acids is 1. The van der Waals surface area contributed by atoms with Gasteiger partial charge in [-0.25, -0.2) is 9.18 Å². The molecule has 1 aliphatic carbocycles. The topological polar surface area (TPSA) is 66.8 Å². The highest BCUT2D eigenvalue weighted by Crippen LogP contribution is 2.47. The molecule has 1 saturated carbocycles. The molecule has 2 rings (SSSR count). The number of ether oxygens (including phenoxy) is 1. The Morgan fingerprint density at radius 2 is 1.95 bits per heavy atom. The molecule has 1 saturated heterocycles. The van der Waals surface area contributed by atoms with E-state index in [1.54, 1.807) is 20.8 Å². The van der Waals surface area contributed by atoms with E-state index in [1.807, 2.05) is 0 Å².